The van der Waals surface area contributed by atoms with Gasteiger partial charge in [0.25, 0.3) is 0 Å². The summed E-state index contributed by atoms with van der Waals surface area (Å²) in [7, 11) is 2.05. The van der Waals surface area contributed by atoms with Crippen LogP contribution in [0.4, 0.5) is 0 Å². The number of benzene rings is 1. The molecule has 1 saturated heterocycles. The molecule has 1 amide bonds. The smallest absolute Gasteiger partial charge is 0.234 e. The molecule has 0 spiro atoms. The largest absolute Gasteiger partial charge is 0.368 e. The number of imidazole rings is 1. The van der Waals surface area contributed by atoms with Crippen LogP contribution in [0, 0.1) is 5.92 Å². The molecule has 0 aliphatic carbocycles. The second-order valence-electron chi connectivity index (χ2n) is 5.58. The molecule has 3 rings (SSSR count). The van der Waals surface area contributed by atoms with Crippen molar-refractivity contribution in [2.24, 2.45) is 18.7 Å². The average molecular weight is 272 g/mol. The van der Waals surface area contributed by atoms with Crippen LogP contribution in [0.15, 0.2) is 24.3 Å². The fraction of sp³-hybridized carbons (Fsp3) is 0.467. The summed E-state index contributed by atoms with van der Waals surface area (Å²) in [6, 6.07) is 7.96. The highest BCUT2D eigenvalue weighted by molar-refractivity contribution is 5.80. The number of aromatic nitrogens is 2. The number of amides is 1. The van der Waals surface area contributed by atoms with Crippen molar-refractivity contribution in [3.8, 4) is 0 Å². The minimum absolute atomic E-state index is 0.191. The van der Waals surface area contributed by atoms with Crippen molar-refractivity contribution >= 4 is 16.9 Å². The molecule has 2 unspecified atom stereocenters. The molecule has 5 heteroatoms. The van der Waals surface area contributed by atoms with Crippen LogP contribution in [0.1, 0.15) is 18.7 Å². The Morgan fingerprint density at radius 1 is 1.50 bits per heavy atom. The summed E-state index contributed by atoms with van der Waals surface area (Å²) >= 11 is 0. The number of hydrogen-bond donors (Lipinski definition) is 2. The molecule has 1 aromatic heterocycles. The second-order valence-corrected chi connectivity index (χ2v) is 5.58. The molecule has 1 aromatic carbocycles. The minimum Gasteiger partial charge on any atom is -0.368 e. The lowest BCUT2D eigenvalue weighted by molar-refractivity contribution is -0.120. The Morgan fingerprint density at radius 3 is 3.05 bits per heavy atom. The van der Waals surface area contributed by atoms with Gasteiger partial charge in [0.2, 0.25) is 5.91 Å². The topological polar surface area (TPSA) is 72.9 Å². The van der Waals surface area contributed by atoms with E-state index in [1.165, 1.54) is 0 Å². The molecule has 5 nitrogen and oxygen atoms in total. The summed E-state index contributed by atoms with van der Waals surface area (Å²) in [5.41, 5.74) is 7.58. The van der Waals surface area contributed by atoms with Gasteiger partial charge in [-0.15, -0.1) is 0 Å². The molecular weight excluding hydrogens is 252 g/mol. The molecule has 3 N–H and O–H groups in total. The molecule has 1 aliphatic rings. The lowest BCUT2D eigenvalue weighted by Gasteiger charge is -2.28. The Labute approximate surface area is 118 Å². The fourth-order valence-electron chi connectivity index (χ4n) is 3.03. The van der Waals surface area contributed by atoms with E-state index in [1.807, 2.05) is 18.2 Å². The van der Waals surface area contributed by atoms with Crippen LogP contribution in [0.5, 0.6) is 0 Å². The Bertz CT molecular complexity index is 634. The van der Waals surface area contributed by atoms with Crippen LogP contribution in [0.2, 0.25) is 0 Å². The van der Waals surface area contributed by atoms with Crippen LogP contribution in [0.3, 0.4) is 0 Å². The molecule has 2 atom stereocenters. The number of nitrogens with zero attached hydrogens (tertiary/aromatic N) is 2. The number of aryl methyl sites for hydroxylation is 1. The molecule has 106 valence electrons. The summed E-state index contributed by atoms with van der Waals surface area (Å²) in [5.74, 6) is 1.30. The third-order valence-corrected chi connectivity index (χ3v) is 4.21. The third-order valence-electron chi connectivity index (χ3n) is 4.21. The first-order chi connectivity index (χ1) is 9.65. The number of nitrogens with one attached hydrogen (secondary N) is 1. The number of primary amides is 1. The van der Waals surface area contributed by atoms with E-state index in [0.29, 0.717) is 5.92 Å². The first-order valence-electron chi connectivity index (χ1n) is 7.08. The number of hydrogen-bond acceptors (Lipinski definition) is 3. The lowest BCUT2D eigenvalue weighted by Crippen LogP contribution is -2.47. The van der Waals surface area contributed by atoms with Crippen molar-refractivity contribution in [1.82, 2.24) is 14.9 Å². The van der Waals surface area contributed by atoms with E-state index in [0.717, 1.165) is 42.7 Å². The number of fused-ring (bicyclic) bond motifs is 1. The van der Waals surface area contributed by atoms with E-state index in [1.54, 1.807) is 0 Å². The number of rotatable bonds is 3. The molecule has 20 heavy (non-hydrogen) atoms. The maximum Gasteiger partial charge on any atom is 0.234 e. The normalized spacial score (nSPS) is 23.1. The number of carbonyl (C=O) groups excluding carboxylic acids is 1. The lowest BCUT2D eigenvalue weighted by atomic mass is 9.89. The van der Waals surface area contributed by atoms with Gasteiger partial charge in [0, 0.05) is 13.5 Å². The van der Waals surface area contributed by atoms with Gasteiger partial charge in [-0.05, 0) is 37.4 Å². The van der Waals surface area contributed by atoms with Gasteiger partial charge >= 0.3 is 0 Å². The number of para-hydroxylation sites is 2. The van der Waals surface area contributed by atoms with Crippen molar-refractivity contribution in [2.75, 3.05) is 6.54 Å². The highest BCUT2D eigenvalue weighted by atomic mass is 16.1. The van der Waals surface area contributed by atoms with Crippen LogP contribution < -0.4 is 11.1 Å². The molecule has 0 bridgehead atoms. The van der Waals surface area contributed by atoms with Gasteiger partial charge in [0.05, 0.1) is 17.1 Å². The Hall–Kier alpha value is -1.88. The van der Waals surface area contributed by atoms with Crippen LogP contribution in [-0.2, 0) is 18.3 Å². The van der Waals surface area contributed by atoms with E-state index in [4.69, 9.17) is 10.7 Å². The minimum atomic E-state index is -0.250. The number of carbonyl (C=O) groups is 1. The van der Waals surface area contributed by atoms with Gasteiger partial charge in [-0.3, -0.25) is 4.79 Å². The SMILES string of the molecule is Cn1c(CC2CCNC(C(N)=O)C2)nc2ccccc21. The molecular formula is C15H20N4O. The van der Waals surface area contributed by atoms with Crippen molar-refractivity contribution < 1.29 is 4.79 Å². The van der Waals surface area contributed by atoms with Crippen molar-refractivity contribution in [1.29, 1.82) is 0 Å². The average Bonchev–Trinajstić information content (AvgIpc) is 2.76. The molecule has 0 radical (unpaired) electrons. The first kappa shape index (κ1) is 13.1. The van der Waals surface area contributed by atoms with E-state index in [-0.39, 0.29) is 11.9 Å². The Kier molecular flexibility index (Phi) is 3.44. The summed E-state index contributed by atoms with van der Waals surface area (Å²) < 4.78 is 2.15. The number of nitrogens with two attached hydrogens (primary N) is 1. The highest BCUT2D eigenvalue weighted by Gasteiger charge is 2.26. The first-order valence-corrected chi connectivity index (χ1v) is 7.08. The van der Waals surface area contributed by atoms with Gasteiger partial charge in [-0.25, -0.2) is 4.98 Å². The zero-order valence-corrected chi connectivity index (χ0v) is 11.7. The van der Waals surface area contributed by atoms with Gasteiger partial charge in [0.15, 0.2) is 0 Å². The summed E-state index contributed by atoms with van der Waals surface area (Å²) in [6.07, 6.45) is 2.77. The predicted molar refractivity (Wildman–Crippen MR) is 78.1 cm³/mol. The fourth-order valence-corrected chi connectivity index (χ4v) is 3.03. The van der Waals surface area contributed by atoms with E-state index < -0.39 is 0 Å². The van der Waals surface area contributed by atoms with E-state index in [2.05, 4.69) is 23.0 Å². The number of piperidine rings is 1. The third kappa shape index (κ3) is 2.41. The van der Waals surface area contributed by atoms with Gasteiger partial charge in [0.1, 0.15) is 5.82 Å². The molecule has 0 saturated carbocycles. The summed E-state index contributed by atoms with van der Waals surface area (Å²) in [6.45, 7) is 0.849. The maximum atomic E-state index is 11.3. The van der Waals surface area contributed by atoms with Crippen LogP contribution >= 0.6 is 0 Å². The summed E-state index contributed by atoms with van der Waals surface area (Å²) in [5, 5.41) is 3.17. The van der Waals surface area contributed by atoms with Crippen LogP contribution in [0.25, 0.3) is 11.0 Å². The highest BCUT2D eigenvalue weighted by Crippen LogP contribution is 2.23. The molecule has 1 aliphatic heterocycles. The standard InChI is InChI=1S/C15H20N4O/c1-19-13-5-3-2-4-11(13)18-14(19)9-10-6-7-17-12(8-10)15(16)20/h2-5,10,12,17H,6-9H2,1H3,(H2,16,20). The van der Waals surface area contributed by atoms with Crippen LogP contribution in [-0.4, -0.2) is 28.0 Å². The predicted octanol–water partition coefficient (Wildman–Crippen LogP) is 0.969. The van der Waals surface area contributed by atoms with E-state index >= 15 is 0 Å². The Morgan fingerprint density at radius 2 is 2.30 bits per heavy atom. The maximum absolute atomic E-state index is 11.3. The van der Waals surface area contributed by atoms with Gasteiger partial charge < -0.3 is 15.6 Å². The Balaban J connectivity index is 1.79. The van der Waals surface area contributed by atoms with Gasteiger partial charge in [-0.1, -0.05) is 12.1 Å². The van der Waals surface area contributed by atoms with E-state index in [9.17, 15) is 4.79 Å². The zero-order chi connectivity index (χ0) is 14.1. The molecule has 2 heterocycles. The second kappa shape index (κ2) is 5.25. The van der Waals surface area contributed by atoms with Crippen molar-refractivity contribution in [3.63, 3.8) is 0 Å². The molecule has 2 aromatic rings. The zero-order valence-electron chi connectivity index (χ0n) is 11.7. The monoisotopic (exact) mass is 272 g/mol. The quantitative estimate of drug-likeness (QED) is 0.874. The van der Waals surface area contributed by atoms with Gasteiger partial charge in [-0.2, -0.15) is 0 Å². The molecule has 1 fully saturated rings. The summed E-state index contributed by atoms with van der Waals surface area (Å²) in [4.78, 5) is 16.0. The van der Waals surface area contributed by atoms with Crippen molar-refractivity contribution in [3.05, 3.63) is 30.1 Å². The van der Waals surface area contributed by atoms with Crippen molar-refractivity contribution in [2.45, 2.75) is 25.3 Å².